The number of aromatic nitrogens is 1. The Morgan fingerprint density at radius 1 is 1.25 bits per heavy atom. The molecule has 4 nitrogen and oxygen atoms in total. The molecule has 1 aliphatic heterocycles. The molecule has 0 amide bonds. The first-order chi connectivity index (χ1) is 9.70. The largest absolute Gasteiger partial charge is 0.378 e. The van der Waals surface area contributed by atoms with Crippen LogP contribution in [0.5, 0.6) is 0 Å². The van der Waals surface area contributed by atoms with Crippen molar-refractivity contribution in [3.05, 3.63) is 16.1 Å². The van der Waals surface area contributed by atoms with Crippen molar-refractivity contribution in [2.75, 3.05) is 30.3 Å². The minimum absolute atomic E-state index is 0.367. The third-order valence-electron chi connectivity index (χ3n) is 3.25. The number of hydrogen-bond acceptors (Lipinski definition) is 4. The van der Waals surface area contributed by atoms with Gasteiger partial charge in [0.15, 0.2) is 0 Å². The molecule has 0 aromatic carbocycles. The quantitative estimate of drug-likeness (QED) is 0.791. The second kappa shape index (κ2) is 7.91. The van der Waals surface area contributed by atoms with Crippen molar-refractivity contribution in [3.8, 4) is 0 Å². The SMILES string of the molecule is CCCNc1nc(NCCC2CCCO2)c(Cl)cc1Cl. The van der Waals surface area contributed by atoms with Crippen LogP contribution in [-0.2, 0) is 4.74 Å². The van der Waals surface area contributed by atoms with E-state index in [0.29, 0.717) is 27.8 Å². The van der Waals surface area contributed by atoms with Gasteiger partial charge in [0.05, 0.1) is 16.1 Å². The highest BCUT2D eigenvalue weighted by atomic mass is 35.5. The summed E-state index contributed by atoms with van der Waals surface area (Å²) < 4.78 is 5.59. The van der Waals surface area contributed by atoms with Gasteiger partial charge in [-0.3, -0.25) is 0 Å². The molecular weight excluding hydrogens is 297 g/mol. The van der Waals surface area contributed by atoms with Crippen LogP contribution in [0.4, 0.5) is 11.6 Å². The molecule has 20 heavy (non-hydrogen) atoms. The van der Waals surface area contributed by atoms with E-state index in [2.05, 4.69) is 22.5 Å². The number of hydrogen-bond donors (Lipinski definition) is 2. The number of nitrogens with zero attached hydrogens (tertiary/aromatic N) is 1. The Morgan fingerprint density at radius 3 is 2.55 bits per heavy atom. The van der Waals surface area contributed by atoms with Gasteiger partial charge < -0.3 is 15.4 Å². The normalized spacial score (nSPS) is 18.2. The van der Waals surface area contributed by atoms with Crippen molar-refractivity contribution in [1.29, 1.82) is 0 Å². The summed E-state index contributed by atoms with van der Waals surface area (Å²) in [5, 5.41) is 7.55. The van der Waals surface area contributed by atoms with Crippen molar-refractivity contribution in [2.45, 2.75) is 38.7 Å². The Bertz CT molecular complexity index is 437. The fraction of sp³-hybridized carbons (Fsp3) is 0.643. The third kappa shape index (κ3) is 4.40. The molecule has 1 atom stereocenters. The van der Waals surface area contributed by atoms with Gasteiger partial charge in [-0.1, -0.05) is 30.1 Å². The van der Waals surface area contributed by atoms with Gasteiger partial charge >= 0.3 is 0 Å². The van der Waals surface area contributed by atoms with E-state index in [9.17, 15) is 0 Å². The van der Waals surface area contributed by atoms with E-state index in [1.807, 2.05) is 0 Å². The van der Waals surface area contributed by atoms with Gasteiger partial charge in [0.1, 0.15) is 11.6 Å². The standard InChI is InChI=1S/C14H21Cl2N3O/c1-2-6-17-13-11(15)9-12(16)14(19-13)18-7-5-10-4-3-8-20-10/h9-10H,2-8H2,1H3,(H2,17,18,19). The summed E-state index contributed by atoms with van der Waals surface area (Å²) in [7, 11) is 0. The highest BCUT2D eigenvalue weighted by Crippen LogP contribution is 2.29. The number of rotatable bonds is 7. The van der Waals surface area contributed by atoms with Crippen LogP contribution >= 0.6 is 23.2 Å². The van der Waals surface area contributed by atoms with E-state index in [1.165, 1.54) is 0 Å². The molecule has 0 bridgehead atoms. The maximum atomic E-state index is 6.16. The van der Waals surface area contributed by atoms with Crippen molar-refractivity contribution in [3.63, 3.8) is 0 Å². The molecule has 0 spiro atoms. The monoisotopic (exact) mass is 317 g/mol. The molecule has 1 aromatic heterocycles. The predicted molar refractivity (Wildman–Crippen MR) is 85.1 cm³/mol. The summed E-state index contributed by atoms with van der Waals surface area (Å²) in [6.07, 6.45) is 4.66. The number of halogens is 2. The van der Waals surface area contributed by atoms with Gasteiger partial charge in [0, 0.05) is 19.7 Å². The number of anilines is 2. The Kier molecular flexibility index (Phi) is 6.20. The highest BCUT2D eigenvalue weighted by Gasteiger charge is 2.15. The van der Waals surface area contributed by atoms with E-state index >= 15 is 0 Å². The van der Waals surface area contributed by atoms with Gasteiger partial charge in [-0.2, -0.15) is 0 Å². The Morgan fingerprint density at radius 2 is 1.95 bits per heavy atom. The molecule has 0 saturated carbocycles. The average Bonchev–Trinajstić information content (AvgIpc) is 2.93. The summed E-state index contributed by atoms with van der Waals surface area (Å²) >= 11 is 12.3. The van der Waals surface area contributed by atoms with Gasteiger partial charge in [-0.05, 0) is 31.7 Å². The van der Waals surface area contributed by atoms with Crippen LogP contribution in [0.3, 0.4) is 0 Å². The second-order valence-electron chi connectivity index (χ2n) is 4.93. The van der Waals surface area contributed by atoms with Crippen LogP contribution in [-0.4, -0.2) is 30.8 Å². The highest BCUT2D eigenvalue weighted by molar-refractivity contribution is 6.37. The molecule has 1 aromatic rings. The van der Waals surface area contributed by atoms with Crippen LogP contribution in [0.25, 0.3) is 0 Å². The summed E-state index contributed by atoms with van der Waals surface area (Å²) in [6.45, 7) is 4.61. The van der Waals surface area contributed by atoms with Gasteiger partial charge in [0.2, 0.25) is 0 Å². The molecule has 112 valence electrons. The first-order valence-corrected chi connectivity index (χ1v) is 7.91. The smallest absolute Gasteiger partial charge is 0.147 e. The summed E-state index contributed by atoms with van der Waals surface area (Å²) in [4.78, 5) is 4.45. The van der Waals surface area contributed by atoms with Gasteiger partial charge in [-0.25, -0.2) is 4.98 Å². The van der Waals surface area contributed by atoms with E-state index in [1.54, 1.807) is 6.07 Å². The molecule has 2 rings (SSSR count). The van der Waals surface area contributed by atoms with Crippen molar-refractivity contribution >= 4 is 34.8 Å². The molecular formula is C14H21Cl2N3O. The van der Waals surface area contributed by atoms with Crippen LogP contribution < -0.4 is 10.6 Å². The number of ether oxygens (including phenoxy) is 1. The van der Waals surface area contributed by atoms with Crippen LogP contribution in [0.1, 0.15) is 32.6 Å². The number of nitrogens with one attached hydrogen (secondary N) is 2. The summed E-state index contributed by atoms with van der Waals surface area (Å²) in [5.74, 6) is 1.35. The lowest BCUT2D eigenvalue weighted by Gasteiger charge is -2.13. The fourth-order valence-corrected chi connectivity index (χ4v) is 2.67. The molecule has 2 N–H and O–H groups in total. The lowest BCUT2D eigenvalue weighted by atomic mass is 10.2. The molecule has 1 saturated heterocycles. The topological polar surface area (TPSA) is 46.2 Å². The summed E-state index contributed by atoms with van der Waals surface area (Å²) in [5.41, 5.74) is 0. The molecule has 1 unspecified atom stereocenters. The Balaban J connectivity index is 1.91. The summed E-state index contributed by atoms with van der Waals surface area (Å²) in [6, 6.07) is 1.72. The maximum absolute atomic E-state index is 6.16. The minimum Gasteiger partial charge on any atom is -0.378 e. The van der Waals surface area contributed by atoms with Gasteiger partial charge in [0.25, 0.3) is 0 Å². The van der Waals surface area contributed by atoms with E-state index < -0.39 is 0 Å². The predicted octanol–water partition coefficient (Wildman–Crippen LogP) is 4.19. The fourth-order valence-electron chi connectivity index (χ4n) is 2.18. The van der Waals surface area contributed by atoms with Crippen LogP contribution in [0.2, 0.25) is 10.0 Å². The molecule has 2 heterocycles. The maximum Gasteiger partial charge on any atom is 0.147 e. The zero-order valence-electron chi connectivity index (χ0n) is 11.7. The van der Waals surface area contributed by atoms with Crippen molar-refractivity contribution in [2.24, 2.45) is 0 Å². The molecule has 6 heteroatoms. The molecule has 1 fully saturated rings. The molecule has 0 radical (unpaired) electrons. The lowest BCUT2D eigenvalue weighted by Crippen LogP contribution is -2.14. The second-order valence-corrected chi connectivity index (χ2v) is 5.74. The average molecular weight is 318 g/mol. The first kappa shape index (κ1) is 15.7. The zero-order valence-corrected chi connectivity index (χ0v) is 13.2. The number of pyridine rings is 1. The first-order valence-electron chi connectivity index (χ1n) is 7.16. The van der Waals surface area contributed by atoms with E-state index in [0.717, 1.165) is 45.4 Å². The Hall–Kier alpha value is -0.710. The van der Waals surface area contributed by atoms with E-state index in [4.69, 9.17) is 27.9 Å². The molecule has 0 aliphatic carbocycles. The lowest BCUT2D eigenvalue weighted by molar-refractivity contribution is 0.107. The van der Waals surface area contributed by atoms with E-state index in [-0.39, 0.29) is 0 Å². The van der Waals surface area contributed by atoms with Crippen LogP contribution in [0.15, 0.2) is 6.07 Å². The Labute approximate surface area is 130 Å². The van der Waals surface area contributed by atoms with Crippen molar-refractivity contribution in [1.82, 2.24) is 4.98 Å². The van der Waals surface area contributed by atoms with Crippen LogP contribution in [0, 0.1) is 0 Å². The van der Waals surface area contributed by atoms with Crippen molar-refractivity contribution < 1.29 is 4.74 Å². The third-order valence-corrected chi connectivity index (χ3v) is 3.83. The van der Waals surface area contributed by atoms with Gasteiger partial charge in [-0.15, -0.1) is 0 Å². The zero-order chi connectivity index (χ0) is 14.4. The minimum atomic E-state index is 0.367. The molecule has 1 aliphatic rings.